The maximum Gasteiger partial charge on any atom is 0.339 e. The van der Waals surface area contributed by atoms with Gasteiger partial charge < -0.3 is 14.8 Å². The third-order valence-electron chi connectivity index (χ3n) is 5.11. The van der Waals surface area contributed by atoms with Gasteiger partial charge in [0.2, 0.25) is 5.91 Å². The largest absolute Gasteiger partial charge is 0.465 e. The zero-order chi connectivity index (χ0) is 26.5. The molecule has 3 aromatic rings. The Bertz CT molecular complexity index is 1410. The molecule has 0 spiro atoms. The number of aryl methyl sites for hydroxylation is 1. The minimum Gasteiger partial charge on any atom is -0.465 e. The van der Waals surface area contributed by atoms with Crippen LogP contribution in [0.25, 0.3) is 0 Å². The van der Waals surface area contributed by atoms with Crippen LogP contribution in [0.15, 0.2) is 76.1 Å². The second-order valence-electron chi connectivity index (χ2n) is 7.60. The van der Waals surface area contributed by atoms with E-state index in [-0.39, 0.29) is 27.4 Å². The van der Waals surface area contributed by atoms with E-state index in [0.29, 0.717) is 4.47 Å². The lowest BCUT2D eigenvalue weighted by Crippen LogP contribution is -2.38. The van der Waals surface area contributed by atoms with Gasteiger partial charge in [0.05, 0.1) is 41.6 Å². The summed E-state index contributed by atoms with van der Waals surface area (Å²) in [6, 6.07) is 16.6. The average molecular weight is 575 g/mol. The van der Waals surface area contributed by atoms with Crippen LogP contribution >= 0.6 is 15.9 Å². The highest BCUT2D eigenvalue weighted by molar-refractivity contribution is 9.10. The number of rotatable bonds is 8. The van der Waals surface area contributed by atoms with Crippen molar-refractivity contribution >= 4 is 55.2 Å². The highest BCUT2D eigenvalue weighted by Gasteiger charge is 2.28. The molecule has 0 aliphatic rings. The van der Waals surface area contributed by atoms with E-state index >= 15 is 0 Å². The second-order valence-corrected chi connectivity index (χ2v) is 10.4. The van der Waals surface area contributed by atoms with E-state index < -0.39 is 34.4 Å². The number of methoxy groups -OCH3 is 2. The summed E-state index contributed by atoms with van der Waals surface area (Å²) in [6.07, 6.45) is 0. The van der Waals surface area contributed by atoms with E-state index in [0.717, 1.165) is 9.87 Å². The zero-order valence-corrected chi connectivity index (χ0v) is 22.1. The van der Waals surface area contributed by atoms with E-state index in [2.05, 4.69) is 21.2 Å². The predicted octanol–water partition coefficient (Wildman–Crippen LogP) is 4.16. The lowest BCUT2D eigenvalue weighted by Gasteiger charge is -2.24. The van der Waals surface area contributed by atoms with Crippen LogP contribution < -0.4 is 9.62 Å². The molecule has 0 atom stereocenters. The Kier molecular flexibility index (Phi) is 8.49. The van der Waals surface area contributed by atoms with Gasteiger partial charge >= 0.3 is 11.9 Å². The first-order valence-corrected chi connectivity index (χ1v) is 12.8. The number of esters is 2. The molecule has 0 unspecified atom stereocenters. The molecular formula is C25H23BrN2O7S. The molecule has 36 heavy (non-hydrogen) atoms. The SMILES string of the molecule is COC(=O)c1ccc(C(=O)OC)c(NC(=O)CN(c2cccc(Br)c2)S(=O)(=O)c2ccc(C)cc2)c1. The average Bonchev–Trinajstić information content (AvgIpc) is 2.86. The Morgan fingerprint density at radius 3 is 2.19 bits per heavy atom. The van der Waals surface area contributed by atoms with Crippen molar-refractivity contribution in [2.75, 3.05) is 30.4 Å². The van der Waals surface area contributed by atoms with Crippen LogP contribution in [0.3, 0.4) is 0 Å². The van der Waals surface area contributed by atoms with Crippen LogP contribution in [0.1, 0.15) is 26.3 Å². The maximum absolute atomic E-state index is 13.5. The molecule has 0 aromatic heterocycles. The Morgan fingerprint density at radius 2 is 1.58 bits per heavy atom. The Balaban J connectivity index is 2.01. The van der Waals surface area contributed by atoms with Crippen molar-refractivity contribution < 1.29 is 32.3 Å². The number of sulfonamides is 1. The van der Waals surface area contributed by atoms with E-state index in [1.165, 1.54) is 44.6 Å². The first-order valence-electron chi connectivity index (χ1n) is 10.5. The first kappa shape index (κ1) is 26.9. The molecule has 1 amide bonds. The van der Waals surface area contributed by atoms with Gasteiger partial charge in [0.1, 0.15) is 6.54 Å². The molecule has 0 saturated carbocycles. The Hall–Kier alpha value is -3.70. The summed E-state index contributed by atoms with van der Waals surface area (Å²) in [7, 11) is -1.78. The smallest absolute Gasteiger partial charge is 0.339 e. The lowest BCUT2D eigenvalue weighted by atomic mass is 10.1. The number of carbonyl (C=O) groups is 3. The first-order chi connectivity index (χ1) is 17.1. The molecule has 3 aromatic carbocycles. The number of carbonyl (C=O) groups excluding carboxylic acids is 3. The molecule has 0 bridgehead atoms. The van der Waals surface area contributed by atoms with Crippen LogP contribution in [0.2, 0.25) is 0 Å². The van der Waals surface area contributed by atoms with Crippen LogP contribution in [-0.4, -0.2) is 47.0 Å². The fraction of sp³-hybridized carbons (Fsp3) is 0.160. The molecule has 0 fully saturated rings. The molecule has 0 aliphatic heterocycles. The summed E-state index contributed by atoms with van der Waals surface area (Å²) >= 11 is 3.33. The number of benzene rings is 3. The molecule has 1 N–H and O–H groups in total. The van der Waals surface area contributed by atoms with E-state index in [9.17, 15) is 22.8 Å². The van der Waals surface area contributed by atoms with Crippen LogP contribution in [0.4, 0.5) is 11.4 Å². The van der Waals surface area contributed by atoms with Gasteiger partial charge in [-0.2, -0.15) is 0 Å². The molecule has 3 rings (SSSR count). The number of hydrogen-bond acceptors (Lipinski definition) is 7. The second kappa shape index (κ2) is 11.4. The Morgan fingerprint density at radius 1 is 0.917 bits per heavy atom. The van der Waals surface area contributed by atoms with Crippen molar-refractivity contribution in [3.63, 3.8) is 0 Å². The monoisotopic (exact) mass is 574 g/mol. The molecule has 0 saturated heterocycles. The fourth-order valence-electron chi connectivity index (χ4n) is 3.28. The highest BCUT2D eigenvalue weighted by atomic mass is 79.9. The summed E-state index contributed by atoms with van der Waals surface area (Å²) in [5, 5.41) is 2.53. The third-order valence-corrected chi connectivity index (χ3v) is 7.39. The quantitative estimate of drug-likeness (QED) is 0.401. The lowest BCUT2D eigenvalue weighted by molar-refractivity contribution is -0.114. The van der Waals surface area contributed by atoms with E-state index in [4.69, 9.17) is 9.47 Å². The number of ether oxygens (including phenoxy) is 2. The molecule has 0 radical (unpaired) electrons. The predicted molar refractivity (Wildman–Crippen MR) is 138 cm³/mol. The molecular weight excluding hydrogens is 552 g/mol. The van der Waals surface area contributed by atoms with Gasteiger partial charge in [0.15, 0.2) is 0 Å². The van der Waals surface area contributed by atoms with Gasteiger partial charge in [-0.3, -0.25) is 9.10 Å². The summed E-state index contributed by atoms with van der Waals surface area (Å²) in [5.74, 6) is -2.18. The maximum atomic E-state index is 13.5. The van der Waals surface area contributed by atoms with Gasteiger partial charge in [0.25, 0.3) is 10.0 Å². The summed E-state index contributed by atoms with van der Waals surface area (Å²) in [5.41, 5.74) is 1.15. The molecule has 0 aliphatic carbocycles. The topological polar surface area (TPSA) is 119 Å². The van der Waals surface area contributed by atoms with Gasteiger partial charge in [-0.1, -0.05) is 39.7 Å². The Labute approximate surface area is 217 Å². The van der Waals surface area contributed by atoms with Gasteiger partial charge in [-0.15, -0.1) is 0 Å². The molecule has 0 heterocycles. The van der Waals surface area contributed by atoms with Crippen molar-refractivity contribution in [3.8, 4) is 0 Å². The van der Waals surface area contributed by atoms with Crippen molar-refractivity contribution in [2.24, 2.45) is 0 Å². The van der Waals surface area contributed by atoms with Crippen LogP contribution in [0, 0.1) is 6.92 Å². The van der Waals surface area contributed by atoms with Crippen LogP contribution in [0.5, 0.6) is 0 Å². The standard InChI is InChI=1S/C25H23BrN2O7S/c1-16-7-10-20(11-8-16)36(32,33)28(19-6-4-5-18(26)14-19)15-23(29)27-22-13-17(24(30)34-2)9-12-21(22)25(31)35-3/h4-14H,15H2,1-3H3,(H,27,29). The zero-order valence-electron chi connectivity index (χ0n) is 19.6. The number of anilines is 2. The normalized spacial score (nSPS) is 10.9. The van der Waals surface area contributed by atoms with E-state index in [1.807, 2.05) is 6.92 Å². The summed E-state index contributed by atoms with van der Waals surface area (Å²) in [4.78, 5) is 37.3. The van der Waals surface area contributed by atoms with Crippen LogP contribution in [-0.2, 0) is 24.3 Å². The van der Waals surface area contributed by atoms with Crippen molar-refractivity contribution in [1.29, 1.82) is 0 Å². The highest BCUT2D eigenvalue weighted by Crippen LogP contribution is 2.27. The summed E-state index contributed by atoms with van der Waals surface area (Å²) < 4.78 is 38.1. The van der Waals surface area contributed by atoms with Gasteiger partial charge in [-0.25, -0.2) is 18.0 Å². The number of nitrogens with one attached hydrogen (secondary N) is 1. The van der Waals surface area contributed by atoms with E-state index in [1.54, 1.807) is 36.4 Å². The van der Waals surface area contributed by atoms with Crippen molar-refractivity contribution in [2.45, 2.75) is 11.8 Å². The molecule has 188 valence electrons. The number of halogens is 1. The molecule has 9 nitrogen and oxygen atoms in total. The van der Waals surface area contributed by atoms with Crippen molar-refractivity contribution in [3.05, 3.63) is 87.9 Å². The fourth-order valence-corrected chi connectivity index (χ4v) is 5.08. The van der Waals surface area contributed by atoms with Crippen molar-refractivity contribution in [1.82, 2.24) is 0 Å². The minimum atomic E-state index is -4.15. The summed E-state index contributed by atoms with van der Waals surface area (Å²) in [6.45, 7) is 1.22. The third kappa shape index (κ3) is 6.10. The molecule has 11 heteroatoms. The van der Waals surface area contributed by atoms with Gasteiger partial charge in [0, 0.05) is 4.47 Å². The minimum absolute atomic E-state index is 0.00353. The van der Waals surface area contributed by atoms with Gasteiger partial charge in [-0.05, 0) is 55.5 Å². The number of amides is 1. The number of hydrogen-bond donors (Lipinski definition) is 1. The number of nitrogens with zero attached hydrogens (tertiary/aromatic N) is 1.